The zero-order valence-corrected chi connectivity index (χ0v) is 9.18. The van der Waals surface area contributed by atoms with Gasteiger partial charge < -0.3 is 4.18 Å². The van der Waals surface area contributed by atoms with Crippen LogP contribution in [0.3, 0.4) is 0 Å². The first-order valence-electron chi connectivity index (χ1n) is 5.01. The molecule has 0 aromatic carbocycles. The molecule has 0 aliphatic heterocycles. The van der Waals surface area contributed by atoms with Gasteiger partial charge in [0.15, 0.2) is 0 Å². The van der Waals surface area contributed by atoms with Crippen molar-refractivity contribution in [2.24, 2.45) is 5.92 Å². The van der Waals surface area contributed by atoms with Crippen LogP contribution in [0, 0.1) is 5.92 Å². The van der Waals surface area contributed by atoms with Crippen molar-refractivity contribution in [1.29, 1.82) is 0 Å². The van der Waals surface area contributed by atoms with Crippen LogP contribution in [-0.4, -0.2) is 20.1 Å². The zero-order chi connectivity index (χ0) is 10.6. The first-order valence-corrected chi connectivity index (χ1v) is 6.59. The van der Waals surface area contributed by atoms with Crippen molar-refractivity contribution in [1.82, 2.24) is 0 Å². The maximum atomic E-state index is 11.4. The quantitative estimate of drug-likeness (QED) is 0.675. The summed E-state index contributed by atoms with van der Waals surface area (Å²) < 4.78 is 26.5. The first kappa shape index (κ1) is 11.5. The number of hydrogen-bond acceptors (Lipinski definition) is 4. The van der Waals surface area contributed by atoms with Crippen molar-refractivity contribution in [3.63, 3.8) is 0 Å². The summed E-state index contributed by atoms with van der Waals surface area (Å²) in [7, 11) is -3.62. The van der Waals surface area contributed by atoms with E-state index in [9.17, 15) is 13.2 Å². The Bertz CT molecular complexity index is 288. The molecule has 1 aliphatic rings. The van der Waals surface area contributed by atoms with Crippen LogP contribution in [0.5, 0.6) is 0 Å². The normalized spacial score (nSPS) is 19.2. The lowest BCUT2D eigenvalue weighted by atomic mass is 9.90. The molecule has 0 saturated heterocycles. The maximum Gasteiger partial charge on any atom is 0.325 e. The molecular weight excluding hydrogens is 204 g/mol. The molecule has 0 aromatic rings. The highest BCUT2D eigenvalue weighted by molar-refractivity contribution is 7.87. The minimum absolute atomic E-state index is 0.147. The summed E-state index contributed by atoms with van der Waals surface area (Å²) in [4.78, 5) is 11.4. The first-order chi connectivity index (χ1) is 6.55. The molecule has 0 amide bonds. The second-order valence-corrected chi connectivity index (χ2v) is 5.44. The molecule has 1 aliphatic carbocycles. The molecule has 14 heavy (non-hydrogen) atoms. The van der Waals surface area contributed by atoms with E-state index < -0.39 is 16.1 Å². The Morgan fingerprint density at radius 2 is 1.86 bits per heavy atom. The Morgan fingerprint density at radius 3 is 2.36 bits per heavy atom. The molecule has 0 unspecified atom stereocenters. The third-order valence-corrected chi connectivity index (χ3v) is 3.63. The van der Waals surface area contributed by atoms with Gasteiger partial charge in [-0.2, -0.15) is 8.42 Å². The number of hydrogen-bond donors (Lipinski definition) is 0. The van der Waals surface area contributed by atoms with Gasteiger partial charge in [-0.15, -0.1) is 0 Å². The molecule has 0 atom stereocenters. The van der Waals surface area contributed by atoms with Crippen LogP contribution in [0.2, 0.25) is 0 Å². The van der Waals surface area contributed by atoms with Crippen LogP contribution >= 0.6 is 0 Å². The molecule has 0 bridgehead atoms. The Morgan fingerprint density at radius 1 is 1.29 bits per heavy atom. The minimum atomic E-state index is -3.62. The summed E-state index contributed by atoms with van der Waals surface area (Å²) in [6.45, 7) is 1.46. The predicted octanol–water partition coefficient (Wildman–Crippen LogP) is 1.46. The zero-order valence-electron chi connectivity index (χ0n) is 8.36. The smallest absolute Gasteiger partial charge is 0.325 e. The van der Waals surface area contributed by atoms with Gasteiger partial charge in [-0.05, 0) is 19.8 Å². The molecule has 0 N–H and O–H groups in total. The standard InChI is InChI=1S/C9H16O4S/c1-2-14(11,12)13-9(10)8-6-4-3-5-7-8/h8H,2-7H2,1H3. The van der Waals surface area contributed by atoms with Crippen molar-refractivity contribution in [3.05, 3.63) is 0 Å². The van der Waals surface area contributed by atoms with Crippen molar-refractivity contribution in [3.8, 4) is 0 Å². The second-order valence-electron chi connectivity index (χ2n) is 3.58. The van der Waals surface area contributed by atoms with Crippen LogP contribution in [0.1, 0.15) is 39.0 Å². The molecule has 0 heterocycles. The molecule has 0 spiro atoms. The average Bonchev–Trinajstić information content (AvgIpc) is 2.19. The lowest BCUT2D eigenvalue weighted by molar-refractivity contribution is -0.139. The minimum Gasteiger partial charge on any atom is -0.345 e. The Balaban J connectivity index is 2.49. The Hall–Kier alpha value is -0.580. The van der Waals surface area contributed by atoms with Crippen LogP contribution < -0.4 is 0 Å². The van der Waals surface area contributed by atoms with Gasteiger partial charge >= 0.3 is 16.1 Å². The van der Waals surface area contributed by atoms with Gasteiger partial charge in [-0.3, -0.25) is 4.79 Å². The van der Waals surface area contributed by atoms with E-state index in [2.05, 4.69) is 4.18 Å². The van der Waals surface area contributed by atoms with E-state index in [-0.39, 0.29) is 11.7 Å². The summed E-state index contributed by atoms with van der Waals surface area (Å²) in [5, 5.41) is 0. The molecule has 82 valence electrons. The summed E-state index contributed by atoms with van der Waals surface area (Å²) >= 11 is 0. The molecule has 1 rings (SSSR count). The summed E-state index contributed by atoms with van der Waals surface area (Å²) in [5.41, 5.74) is 0. The third-order valence-electron chi connectivity index (χ3n) is 2.50. The highest BCUT2D eigenvalue weighted by Gasteiger charge is 2.26. The average molecular weight is 220 g/mol. The van der Waals surface area contributed by atoms with E-state index in [0.29, 0.717) is 0 Å². The summed E-state index contributed by atoms with van der Waals surface area (Å²) in [5.74, 6) is -0.914. The van der Waals surface area contributed by atoms with E-state index in [4.69, 9.17) is 0 Å². The number of carbonyl (C=O) groups is 1. The molecular formula is C9H16O4S. The van der Waals surface area contributed by atoms with Crippen molar-refractivity contribution < 1.29 is 17.4 Å². The lowest BCUT2D eigenvalue weighted by Gasteiger charge is -2.19. The molecule has 0 radical (unpaired) electrons. The fourth-order valence-electron chi connectivity index (χ4n) is 1.59. The van der Waals surface area contributed by atoms with E-state index in [0.717, 1.165) is 32.1 Å². The summed E-state index contributed by atoms with van der Waals surface area (Å²) in [6, 6.07) is 0. The van der Waals surface area contributed by atoms with E-state index in [1.807, 2.05) is 0 Å². The van der Waals surface area contributed by atoms with E-state index in [1.165, 1.54) is 6.92 Å². The van der Waals surface area contributed by atoms with Gasteiger partial charge in [0.1, 0.15) is 0 Å². The maximum absolute atomic E-state index is 11.4. The molecule has 0 aromatic heterocycles. The van der Waals surface area contributed by atoms with Crippen LogP contribution in [0.4, 0.5) is 0 Å². The largest absolute Gasteiger partial charge is 0.345 e. The molecule has 1 saturated carbocycles. The van der Waals surface area contributed by atoms with Gasteiger partial charge in [0.25, 0.3) is 0 Å². The SMILES string of the molecule is CCS(=O)(=O)OC(=O)C1CCCCC1. The van der Waals surface area contributed by atoms with Gasteiger partial charge in [0, 0.05) is 0 Å². The number of carbonyl (C=O) groups excluding carboxylic acids is 1. The van der Waals surface area contributed by atoms with E-state index in [1.54, 1.807) is 0 Å². The molecule has 4 nitrogen and oxygen atoms in total. The highest BCUT2D eigenvalue weighted by Crippen LogP contribution is 2.25. The lowest BCUT2D eigenvalue weighted by Crippen LogP contribution is -2.24. The van der Waals surface area contributed by atoms with E-state index >= 15 is 0 Å². The molecule has 1 fully saturated rings. The third kappa shape index (κ3) is 3.29. The van der Waals surface area contributed by atoms with Crippen LogP contribution in [0.15, 0.2) is 0 Å². The van der Waals surface area contributed by atoms with Crippen molar-refractivity contribution in [2.45, 2.75) is 39.0 Å². The van der Waals surface area contributed by atoms with Gasteiger partial charge in [-0.1, -0.05) is 19.3 Å². The van der Waals surface area contributed by atoms with Crippen LogP contribution in [-0.2, 0) is 19.1 Å². The summed E-state index contributed by atoms with van der Waals surface area (Å²) in [6.07, 6.45) is 4.64. The topological polar surface area (TPSA) is 60.4 Å². The van der Waals surface area contributed by atoms with Crippen molar-refractivity contribution >= 4 is 16.1 Å². The van der Waals surface area contributed by atoms with Crippen LogP contribution in [0.25, 0.3) is 0 Å². The predicted molar refractivity (Wildman–Crippen MR) is 52.1 cm³/mol. The van der Waals surface area contributed by atoms with Gasteiger partial charge in [-0.25, -0.2) is 0 Å². The molecule has 5 heteroatoms. The Kier molecular flexibility index (Phi) is 3.92. The van der Waals surface area contributed by atoms with Gasteiger partial charge in [0.2, 0.25) is 0 Å². The second kappa shape index (κ2) is 4.77. The Labute approximate surface area is 84.8 Å². The fraction of sp³-hybridized carbons (Fsp3) is 0.889. The fourth-order valence-corrected chi connectivity index (χ4v) is 2.09. The van der Waals surface area contributed by atoms with Crippen molar-refractivity contribution in [2.75, 3.05) is 5.75 Å². The van der Waals surface area contributed by atoms with Gasteiger partial charge in [0.05, 0.1) is 11.7 Å². The number of rotatable bonds is 3. The monoisotopic (exact) mass is 220 g/mol. The highest BCUT2D eigenvalue weighted by atomic mass is 32.2.